The van der Waals surface area contributed by atoms with E-state index in [0.29, 0.717) is 29.1 Å². The Balaban J connectivity index is 1.61. The van der Waals surface area contributed by atoms with Crippen LogP contribution in [0.3, 0.4) is 0 Å². The van der Waals surface area contributed by atoms with Crippen molar-refractivity contribution < 1.29 is 26.3 Å². The van der Waals surface area contributed by atoms with Gasteiger partial charge < -0.3 is 10.1 Å². The number of hydrogen-bond acceptors (Lipinski definition) is 6. The maximum atomic E-state index is 12.5. The molecule has 0 unspecified atom stereocenters. The Morgan fingerprint density at radius 2 is 1.77 bits per heavy atom. The molecule has 1 aliphatic rings. The lowest BCUT2D eigenvalue weighted by atomic mass is 9.86. The zero-order valence-corrected chi connectivity index (χ0v) is 17.4. The highest BCUT2D eigenvalue weighted by atomic mass is 32.2. The molecule has 11 heteroatoms. The Kier molecular flexibility index (Phi) is 7.02. The van der Waals surface area contributed by atoms with Gasteiger partial charge in [0.05, 0.1) is 5.75 Å². The van der Waals surface area contributed by atoms with Gasteiger partial charge in [0, 0.05) is 23.4 Å². The van der Waals surface area contributed by atoms with E-state index < -0.39 is 22.8 Å². The van der Waals surface area contributed by atoms with Gasteiger partial charge in [-0.1, -0.05) is 18.2 Å². The third kappa shape index (κ3) is 6.18. The van der Waals surface area contributed by atoms with Crippen molar-refractivity contribution in [3.05, 3.63) is 24.3 Å². The van der Waals surface area contributed by atoms with Gasteiger partial charge in [-0.25, -0.2) is 13.1 Å². The summed E-state index contributed by atoms with van der Waals surface area (Å²) in [6.45, 7) is 0.806. The van der Waals surface area contributed by atoms with E-state index in [2.05, 4.69) is 20.2 Å². The second-order valence-electron chi connectivity index (χ2n) is 7.42. The van der Waals surface area contributed by atoms with Crippen molar-refractivity contribution in [2.24, 2.45) is 5.92 Å². The molecule has 2 N–H and O–H groups in total. The number of fused-ring (bicyclic) bond motifs is 1. The van der Waals surface area contributed by atoms with Crippen LogP contribution >= 0.6 is 0 Å². The fraction of sp³-hybridized carbons (Fsp3) is 0.579. The zero-order valence-electron chi connectivity index (χ0n) is 16.6. The number of nitrogens with zero attached hydrogens (tertiary/aromatic N) is 2. The lowest BCUT2D eigenvalue weighted by Crippen LogP contribution is -2.39. The molecule has 166 valence electrons. The van der Waals surface area contributed by atoms with Crippen LogP contribution < -0.4 is 14.8 Å². The van der Waals surface area contributed by atoms with Crippen LogP contribution in [-0.4, -0.2) is 49.7 Å². The van der Waals surface area contributed by atoms with E-state index in [1.54, 1.807) is 31.2 Å². The van der Waals surface area contributed by atoms with Crippen LogP contribution in [0.4, 0.5) is 19.0 Å². The summed E-state index contributed by atoms with van der Waals surface area (Å²) in [4.78, 5) is 0. The zero-order chi connectivity index (χ0) is 21.8. The molecule has 0 atom stereocenters. The third-order valence-corrected chi connectivity index (χ3v) is 6.61. The summed E-state index contributed by atoms with van der Waals surface area (Å²) >= 11 is 0. The van der Waals surface area contributed by atoms with E-state index >= 15 is 0 Å². The molecule has 0 aliphatic heterocycles. The molecule has 0 bridgehead atoms. The number of alkyl halides is 3. The molecule has 1 aromatic carbocycles. The van der Waals surface area contributed by atoms with E-state index in [1.165, 1.54) is 0 Å². The molecule has 1 saturated carbocycles. The highest BCUT2D eigenvalue weighted by Gasteiger charge is 2.29. The van der Waals surface area contributed by atoms with E-state index in [9.17, 15) is 21.6 Å². The number of rotatable bonds is 8. The molecular formula is C19H25F3N4O3S. The fourth-order valence-electron chi connectivity index (χ4n) is 3.53. The van der Waals surface area contributed by atoms with Crippen molar-refractivity contribution in [1.82, 2.24) is 14.9 Å². The Bertz CT molecular complexity index is 961. The summed E-state index contributed by atoms with van der Waals surface area (Å²) in [6.07, 6.45) is -1.20. The lowest BCUT2D eigenvalue weighted by molar-refractivity contribution is -0.153. The van der Waals surface area contributed by atoms with Crippen molar-refractivity contribution in [3.8, 4) is 5.88 Å². The normalized spacial score (nSPS) is 20.3. The average molecular weight is 446 g/mol. The molecule has 30 heavy (non-hydrogen) atoms. The number of hydrogen-bond donors (Lipinski definition) is 2. The molecule has 0 spiro atoms. The number of sulfonamides is 1. The van der Waals surface area contributed by atoms with Gasteiger partial charge in [-0.2, -0.15) is 13.2 Å². The molecule has 0 saturated heterocycles. The quantitative estimate of drug-likeness (QED) is 0.645. The largest absolute Gasteiger partial charge is 0.467 e. The minimum atomic E-state index is -4.45. The highest BCUT2D eigenvalue weighted by Crippen LogP contribution is 2.30. The van der Waals surface area contributed by atoms with E-state index in [4.69, 9.17) is 4.74 Å². The molecule has 1 aliphatic carbocycles. The number of nitrogens with one attached hydrogen (secondary N) is 2. The Labute approximate surface area is 173 Å². The van der Waals surface area contributed by atoms with Crippen molar-refractivity contribution in [2.45, 2.75) is 44.8 Å². The molecule has 1 heterocycles. The second-order valence-corrected chi connectivity index (χ2v) is 9.47. The van der Waals surface area contributed by atoms with Gasteiger partial charge in [-0.3, -0.25) is 0 Å². The number of halogens is 3. The summed E-state index contributed by atoms with van der Waals surface area (Å²) in [7, 11) is -3.20. The third-order valence-electron chi connectivity index (χ3n) is 5.16. The van der Waals surface area contributed by atoms with Gasteiger partial charge in [0.2, 0.25) is 15.9 Å². The van der Waals surface area contributed by atoms with Crippen LogP contribution in [-0.2, 0) is 10.0 Å². The summed E-state index contributed by atoms with van der Waals surface area (Å²) < 4.78 is 68.3. The van der Waals surface area contributed by atoms with Crippen LogP contribution in [0.5, 0.6) is 5.88 Å². The van der Waals surface area contributed by atoms with Crippen molar-refractivity contribution in [1.29, 1.82) is 0 Å². The molecular weight excluding hydrogens is 421 g/mol. The maximum absolute atomic E-state index is 12.5. The monoisotopic (exact) mass is 446 g/mol. The number of benzene rings is 1. The lowest BCUT2D eigenvalue weighted by Gasteiger charge is -2.29. The second kappa shape index (κ2) is 9.34. The van der Waals surface area contributed by atoms with Crippen molar-refractivity contribution >= 4 is 26.6 Å². The van der Waals surface area contributed by atoms with Gasteiger partial charge in [-0.05, 0) is 44.6 Å². The molecule has 1 aromatic heterocycles. The Morgan fingerprint density at radius 3 is 2.40 bits per heavy atom. The first kappa shape index (κ1) is 22.5. The van der Waals surface area contributed by atoms with E-state index in [-0.39, 0.29) is 17.7 Å². The first-order valence-corrected chi connectivity index (χ1v) is 11.5. The fourth-order valence-corrected chi connectivity index (χ4v) is 4.44. The molecule has 2 aromatic rings. The Morgan fingerprint density at radius 1 is 1.10 bits per heavy atom. The average Bonchev–Trinajstić information content (AvgIpc) is 2.71. The number of aromatic nitrogens is 2. The van der Waals surface area contributed by atoms with Gasteiger partial charge in [0.25, 0.3) is 0 Å². The smallest absolute Gasteiger partial charge is 0.422 e. The first-order valence-electron chi connectivity index (χ1n) is 9.85. The van der Waals surface area contributed by atoms with Gasteiger partial charge in [0.15, 0.2) is 12.4 Å². The maximum Gasteiger partial charge on any atom is 0.422 e. The number of anilines is 1. The van der Waals surface area contributed by atoms with Crippen molar-refractivity contribution in [3.63, 3.8) is 0 Å². The minimum absolute atomic E-state index is 0.0307. The van der Waals surface area contributed by atoms with Crippen LogP contribution in [0.15, 0.2) is 24.3 Å². The topological polar surface area (TPSA) is 93.2 Å². The minimum Gasteiger partial charge on any atom is -0.467 e. The molecule has 0 amide bonds. The van der Waals surface area contributed by atoms with Gasteiger partial charge >= 0.3 is 6.18 Å². The molecule has 0 radical (unpaired) electrons. The molecule has 1 fully saturated rings. The molecule has 3 rings (SSSR count). The van der Waals surface area contributed by atoms with Gasteiger partial charge in [-0.15, -0.1) is 10.2 Å². The van der Waals surface area contributed by atoms with Crippen LogP contribution in [0.25, 0.3) is 10.8 Å². The number of ether oxygens (including phenoxy) is 1. The highest BCUT2D eigenvalue weighted by molar-refractivity contribution is 7.89. The summed E-state index contributed by atoms with van der Waals surface area (Å²) in [6, 6.07) is 6.84. The van der Waals surface area contributed by atoms with Crippen LogP contribution in [0, 0.1) is 5.92 Å². The molecule has 7 nitrogen and oxygen atoms in total. The van der Waals surface area contributed by atoms with E-state index in [1.807, 2.05) is 0 Å². The summed E-state index contributed by atoms with van der Waals surface area (Å²) in [5.74, 6) is 0.744. The van der Waals surface area contributed by atoms with Crippen LogP contribution in [0.1, 0.15) is 32.6 Å². The van der Waals surface area contributed by atoms with Crippen molar-refractivity contribution in [2.75, 3.05) is 24.2 Å². The van der Waals surface area contributed by atoms with E-state index in [0.717, 1.165) is 25.7 Å². The SMILES string of the molecule is CCS(=O)(=O)N[C@H]1CC[C@H](CNc2nnc(OCC(F)(F)F)c3ccccc23)CC1. The standard InChI is InChI=1S/C19H25F3N4O3S/c1-2-30(27,28)26-14-9-7-13(8-10-14)11-23-17-15-5-3-4-6-16(15)18(25-24-17)29-12-19(20,21)22/h3-6,13-14,26H,2,7-12H2,1H3,(H,23,24)/t13-,14-. The van der Waals surface area contributed by atoms with Crippen LogP contribution in [0.2, 0.25) is 0 Å². The first-order chi connectivity index (χ1) is 14.2. The Hall–Kier alpha value is -2.14. The summed E-state index contributed by atoms with van der Waals surface area (Å²) in [5, 5.41) is 12.2. The predicted molar refractivity (Wildman–Crippen MR) is 108 cm³/mol. The predicted octanol–water partition coefficient (Wildman–Crippen LogP) is 3.48. The summed E-state index contributed by atoms with van der Waals surface area (Å²) in [5.41, 5.74) is 0. The van der Waals surface area contributed by atoms with Gasteiger partial charge in [0.1, 0.15) is 0 Å².